The third kappa shape index (κ3) is 4.17. The van der Waals surface area contributed by atoms with Gasteiger partial charge in [0.1, 0.15) is 0 Å². The van der Waals surface area contributed by atoms with E-state index >= 15 is 0 Å². The Morgan fingerprint density at radius 2 is 1.84 bits per heavy atom. The molecule has 0 aromatic carbocycles. The summed E-state index contributed by atoms with van der Waals surface area (Å²) >= 11 is 0. The maximum Gasteiger partial charge on any atom is 0.0319 e. The number of nitrogens with two attached hydrogens (primary N) is 1. The van der Waals surface area contributed by atoms with E-state index < -0.39 is 0 Å². The smallest absolute Gasteiger partial charge is 0.0319 e. The summed E-state index contributed by atoms with van der Waals surface area (Å²) in [5, 5.41) is 3.97. The molecule has 0 aromatic heterocycles. The van der Waals surface area contributed by atoms with Gasteiger partial charge in [-0.1, -0.05) is 19.3 Å². The molecule has 1 atom stereocenters. The fourth-order valence-corrected chi connectivity index (χ4v) is 3.82. The molecule has 0 spiro atoms. The normalized spacial score (nSPS) is 31.6. The molecular weight excluding hydrogens is 234 g/mol. The molecule has 2 rings (SSSR count). The number of nitrogens with zero attached hydrogens (tertiary/aromatic N) is 1. The van der Waals surface area contributed by atoms with Gasteiger partial charge in [0.15, 0.2) is 0 Å². The summed E-state index contributed by atoms with van der Waals surface area (Å²) in [6.45, 7) is 7.86. The van der Waals surface area contributed by atoms with Gasteiger partial charge in [-0.25, -0.2) is 0 Å². The summed E-state index contributed by atoms with van der Waals surface area (Å²) in [6.07, 6.45) is 10.7. The fraction of sp³-hybridized carbons (Fsp3) is 1.00. The minimum absolute atomic E-state index is 0.214. The Morgan fingerprint density at radius 3 is 2.47 bits per heavy atom. The molecule has 19 heavy (non-hydrogen) atoms. The summed E-state index contributed by atoms with van der Waals surface area (Å²) < 4.78 is 0. The molecular formula is C16H33N3. The van der Waals surface area contributed by atoms with Crippen LogP contribution in [0, 0.1) is 0 Å². The van der Waals surface area contributed by atoms with Gasteiger partial charge in [-0.15, -0.1) is 0 Å². The van der Waals surface area contributed by atoms with Crippen LogP contribution in [0.3, 0.4) is 0 Å². The highest BCUT2D eigenvalue weighted by Gasteiger charge is 2.33. The van der Waals surface area contributed by atoms with E-state index in [0.717, 1.165) is 12.6 Å². The predicted molar refractivity (Wildman–Crippen MR) is 82.4 cm³/mol. The van der Waals surface area contributed by atoms with Crippen LogP contribution < -0.4 is 11.1 Å². The van der Waals surface area contributed by atoms with Crippen LogP contribution in [0.25, 0.3) is 0 Å². The van der Waals surface area contributed by atoms with Crippen LogP contribution in [0.2, 0.25) is 0 Å². The lowest BCUT2D eigenvalue weighted by Gasteiger charge is -2.38. The molecule has 2 aliphatic rings. The van der Waals surface area contributed by atoms with Crippen molar-refractivity contribution in [1.29, 1.82) is 0 Å². The van der Waals surface area contributed by atoms with Gasteiger partial charge < -0.3 is 16.0 Å². The van der Waals surface area contributed by atoms with Crippen LogP contribution in [0.5, 0.6) is 0 Å². The molecule has 1 aliphatic carbocycles. The maximum absolute atomic E-state index is 6.17. The Hall–Kier alpha value is -0.120. The van der Waals surface area contributed by atoms with Gasteiger partial charge in [-0.2, -0.15) is 0 Å². The lowest BCUT2D eigenvalue weighted by molar-refractivity contribution is 0.203. The van der Waals surface area contributed by atoms with E-state index in [9.17, 15) is 0 Å². The highest BCUT2D eigenvalue weighted by atomic mass is 15.2. The SMILES string of the molecule is CC(C)N1CCCC(CN)(NC2CCCCC2)CC1. The monoisotopic (exact) mass is 267 g/mol. The highest BCUT2D eigenvalue weighted by Crippen LogP contribution is 2.26. The Bertz CT molecular complexity index is 261. The Labute approximate surface area is 119 Å². The summed E-state index contributed by atoms with van der Waals surface area (Å²) in [7, 11) is 0. The van der Waals surface area contributed by atoms with Crippen LogP contribution in [0.1, 0.15) is 65.2 Å². The average molecular weight is 267 g/mol. The van der Waals surface area contributed by atoms with Gasteiger partial charge in [0.25, 0.3) is 0 Å². The number of hydrogen-bond donors (Lipinski definition) is 2. The van der Waals surface area contributed by atoms with Crippen LogP contribution >= 0.6 is 0 Å². The van der Waals surface area contributed by atoms with Crippen molar-refractivity contribution in [2.75, 3.05) is 19.6 Å². The first-order valence-electron chi connectivity index (χ1n) is 8.37. The molecule has 1 saturated heterocycles. The molecule has 3 N–H and O–H groups in total. The molecule has 0 amide bonds. The lowest BCUT2D eigenvalue weighted by Crippen LogP contribution is -2.56. The molecule has 0 aromatic rings. The first kappa shape index (κ1) is 15.3. The van der Waals surface area contributed by atoms with E-state index in [0.29, 0.717) is 6.04 Å². The molecule has 3 nitrogen and oxygen atoms in total. The Kier molecular flexibility index (Phi) is 5.67. The van der Waals surface area contributed by atoms with Crippen molar-refractivity contribution in [1.82, 2.24) is 10.2 Å². The minimum atomic E-state index is 0.214. The third-order valence-corrected chi connectivity index (χ3v) is 5.21. The van der Waals surface area contributed by atoms with Gasteiger partial charge in [0, 0.05) is 30.7 Å². The van der Waals surface area contributed by atoms with Crippen molar-refractivity contribution in [2.24, 2.45) is 5.73 Å². The van der Waals surface area contributed by atoms with Crippen molar-refractivity contribution >= 4 is 0 Å². The van der Waals surface area contributed by atoms with Gasteiger partial charge in [-0.3, -0.25) is 0 Å². The number of likely N-dealkylation sites (tertiary alicyclic amines) is 1. The second kappa shape index (κ2) is 7.05. The van der Waals surface area contributed by atoms with Gasteiger partial charge in [0.2, 0.25) is 0 Å². The molecule has 3 heteroatoms. The molecule has 112 valence electrons. The Morgan fingerprint density at radius 1 is 1.11 bits per heavy atom. The van der Waals surface area contributed by atoms with Crippen LogP contribution in [0.15, 0.2) is 0 Å². The largest absolute Gasteiger partial charge is 0.329 e. The van der Waals surface area contributed by atoms with Gasteiger partial charge >= 0.3 is 0 Å². The molecule has 2 fully saturated rings. The van der Waals surface area contributed by atoms with E-state index in [4.69, 9.17) is 5.73 Å². The van der Waals surface area contributed by atoms with Crippen LogP contribution in [-0.4, -0.2) is 42.2 Å². The topological polar surface area (TPSA) is 41.3 Å². The number of nitrogens with one attached hydrogen (secondary N) is 1. The zero-order valence-electron chi connectivity index (χ0n) is 13.0. The van der Waals surface area contributed by atoms with Crippen LogP contribution in [0.4, 0.5) is 0 Å². The van der Waals surface area contributed by atoms with Crippen molar-refractivity contribution < 1.29 is 0 Å². The van der Waals surface area contributed by atoms with Crippen molar-refractivity contribution in [3.8, 4) is 0 Å². The number of rotatable bonds is 4. The highest BCUT2D eigenvalue weighted by molar-refractivity contribution is 4.95. The summed E-state index contributed by atoms with van der Waals surface area (Å²) in [5.41, 5.74) is 6.38. The second-order valence-corrected chi connectivity index (χ2v) is 6.95. The first-order valence-corrected chi connectivity index (χ1v) is 8.37. The zero-order chi connectivity index (χ0) is 13.7. The maximum atomic E-state index is 6.17. The first-order chi connectivity index (χ1) is 9.15. The second-order valence-electron chi connectivity index (χ2n) is 6.95. The van der Waals surface area contributed by atoms with Crippen LogP contribution in [-0.2, 0) is 0 Å². The zero-order valence-corrected chi connectivity index (χ0v) is 13.0. The van der Waals surface area contributed by atoms with E-state index in [2.05, 4.69) is 24.1 Å². The van der Waals surface area contributed by atoms with Gasteiger partial charge in [-0.05, 0) is 52.5 Å². The quantitative estimate of drug-likeness (QED) is 0.822. The third-order valence-electron chi connectivity index (χ3n) is 5.21. The lowest BCUT2D eigenvalue weighted by atomic mass is 9.86. The molecule has 1 aliphatic heterocycles. The molecule has 1 unspecified atom stereocenters. The van der Waals surface area contributed by atoms with Crippen molar-refractivity contribution in [3.63, 3.8) is 0 Å². The van der Waals surface area contributed by atoms with E-state index in [1.54, 1.807) is 0 Å². The van der Waals surface area contributed by atoms with E-state index in [-0.39, 0.29) is 5.54 Å². The molecule has 1 saturated carbocycles. The average Bonchev–Trinajstić information content (AvgIpc) is 2.63. The molecule has 0 bridgehead atoms. The van der Waals surface area contributed by atoms with Crippen molar-refractivity contribution in [2.45, 2.75) is 82.8 Å². The van der Waals surface area contributed by atoms with Gasteiger partial charge in [0.05, 0.1) is 0 Å². The summed E-state index contributed by atoms with van der Waals surface area (Å²) in [5.74, 6) is 0. The summed E-state index contributed by atoms with van der Waals surface area (Å²) in [6, 6.07) is 1.39. The predicted octanol–water partition coefficient (Wildman–Crippen LogP) is 2.50. The fourth-order valence-electron chi connectivity index (χ4n) is 3.82. The van der Waals surface area contributed by atoms with E-state index in [1.807, 2.05) is 0 Å². The van der Waals surface area contributed by atoms with E-state index in [1.165, 1.54) is 64.5 Å². The standard InChI is InChI=1S/C16H33N3/c1-14(2)19-11-6-9-16(13-17,10-12-19)18-15-7-4-3-5-8-15/h14-15,18H,3-13,17H2,1-2H3. The minimum Gasteiger partial charge on any atom is -0.329 e. The number of hydrogen-bond acceptors (Lipinski definition) is 3. The van der Waals surface area contributed by atoms with Crippen molar-refractivity contribution in [3.05, 3.63) is 0 Å². The Balaban J connectivity index is 1.93. The molecule has 0 radical (unpaired) electrons. The molecule has 1 heterocycles. The summed E-state index contributed by atoms with van der Waals surface area (Å²) in [4.78, 5) is 2.61.